The molecule has 0 saturated carbocycles. The van der Waals surface area contributed by atoms with Crippen LogP contribution in [0.25, 0.3) is 0 Å². The number of H-pyrrole nitrogens is 1. The average Bonchev–Trinajstić information content (AvgIpc) is 2.83. The third kappa shape index (κ3) is 2.26. The Labute approximate surface area is 112 Å². The lowest BCUT2D eigenvalue weighted by molar-refractivity contribution is 0.0731. The number of benzene rings is 1. The minimum absolute atomic E-state index is 0.104. The van der Waals surface area contributed by atoms with Gasteiger partial charge in [-0.15, -0.1) is 0 Å². The molecule has 0 radical (unpaired) electrons. The predicted molar refractivity (Wildman–Crippen MR) is 72.9 cm³/mol. The molecule has 4 heteroatoms. The highest BCUT2D eigenvalue weighted by Gasteiger charge is 2.23. The third-order valence-electron chi connectivity index (χ3n) is 3.53. The minimum atomic E-state index is 0.104. The van der Waals surface area contributed by atoms with Gasteiger partial charge in [-0.3, -0.25) is 4.79 Å². The first kappa shape index (κ1) is 12.0. The van der Waals surface area contributed by atoms with Crippen LogP contribution < -0.4 is 0 Å². The molecular weight excluding hydrogens is 238 g/mol. The van der Waals surface area contributed by atoms with E-state index in [9.17, 15) is 4.79 Å². The van der Waals surface area contributed by atoms with E-state index in [4.69, 9.17) is 0 Å². The summed E-state index contributed by atoms with van der Waals surface area (Å²) in [5.74, 6) is 0.104. The standard InChI is InChI=1S/C15H17N3O/c1-10-5-11(2)7-12(6-10)15(19)18-4-3-13-14(8-18)17-9-16-13/h5-7,9H,3-4,8H2,1-2H3,(H,16,17). The summed E-state index contributed by atoms with van der Waals surface area (Å²) in [6.45, 7) is 5.41. The molecule has 1 amide bonds. The van der Waals surface area contributed by atoms with Crippen molar-refractivity contribution >= 4 is 5.91 Å². The minimum Gasteiger partial charge on any atom is -0.347 e. The number of amides is 1. The number of nitrogens with one attached hydrogen (secondary N) is 1. The molecule has 0 bridgehead atoms. The summed E-state index contributed by atoms with van der Waals surface area (Å²) in [4.78, 5) is 21.8. The first-order valence-corrected chi connectivity index (χ1v) is 6.52. The lowest BCUT2D eigenvalue weighted by atomic mass is 10.0. The summed E-state index contributed by atoms with van der Waals surface area (Å²) in [6, 6.07) is 6.00. The predicted octanol–water partition coefficient (Wildman–Crippen LogP) is 2.23. The van der Waals surface area contributed by atoms with Crippen molar-refractivity contribution in [1.82, 2.24) is 14.9 Å². The van der Waals surface area contributed by atoms with Crippen molar-refractivity contribution in [2.24, 2.45) is 0 Å². The molecule has 98 valence electrons. The van der Waals surface area contributed by atoms with Crippen LogP contribution in [-0.4, -0.2) is 27.3 Å². The number of rotatable bonds is 1. The van der Waals surface area contributed by atoms with Crippen LogP contribution in [0, 0.1) is 13.8 Å². The second-order valence-corrected chi connectivity index (χ2v) is 5.18. The van der Waals surface area contributed by atoms with Gasteiger partial charge in [0.05, 0.1) is 24.3 Å². The van der Waals surface area contributed by atoms with Crippen molar-refractivity contribution < 1.29 is 4.79 Å². The lowest BCUT2D eigenvalue weighted by Crippen LogP contribution is -2.36. The zero-order valence-electron chi connectivity index (χ0n) is 11.2. The topological polar surface area (TPSA) is 49.0 Å². The van der Waals surface area contributed by atoms with Gasteiger partial charge in [-0.05, 0) is 26.0 Å². The second kappa shape index (κ2) is 4.53. The summed E-state index contributed by atoms with van der Waals surface area (Å²) < 4.78 is 0. The maximum Gasteiger partial charge on any atom is 0.254 e. The highest BCUT2D eigenvalue weighted by atomic mass is 16.2. The molecule has 0 spiro atoms. The van der Waals surface area contributed by atoms with Crippen LogP contribution in [0.2, 0.25) is 0 Å². The number of nitrogens with zero attached hydrogens (tertiary/aromatic N) is 2. The molecule has 0 unspecified atom stereocenters. The van der Waals surface area contributed by atoms with E-state index in [2.05, 4.69) is 16.0 Å². The largest absolute Gasteiger partial charge is 0.347 e. The van der Waals surface area contributed by atoms with E-state index < -0.39 is 0 Å². The zero-order valence-corrected chi connectivity index (χ0v) is 11.2. The fourth-order valence-corrected chi connectivity index (χ4v) is 2.67. The normalized spacial score (nSPS) is 14.3. The van der Waals surface area contributed by atoms with Crippen molar-refractivity contribution in [2.45, 2.75) is 26.8 Å². The highest BCUT2D eigenvalue weighted by molar-refractivity contribution is 5.94. The molecule has 4 nitrogen and oxygen atoms in total. The first-order valence-electron chi connectivity index (χ1n) is 6.52. The third-order valence-corrected chi connectivity index (χ3v) is 3.53. The molecule has 0 saturated heterocycles. The van der Waals surface area contributed by atoms with Gasteiger partial charge in [-0.1, -0.05) is 17.2 Å². The SMILES string of the molecule is Cc1cc(C)cc(C(=O)N2CCc3nc[nH]c3C2)c1. The van der Waals surface area contributed by atoms with E-state index in [-0.39, 0.29) is 5.91 Å². The molecule has 2 aromatic rings. The van der Waals surface area contributed by atoms with Gasteiger partial charge in [0.25, 0.3) is 5.91 Å². The van der Waals surface area contributed by atoms with E-state index >= 15 is 0 Å². The number of fused-ring (bicyclic) bond motifs is 1. The average molecular weight is 255 g/mol. The van der Waals surface area contributed by atoms with E-state index in [1.165, 1.54) is 0 Å². The van der Waals surface area contributed by atoms with E-state index in [0.717, 1.165) is 41.0 Å². The van der Waals surface area contributed by atoms with Gasteiger partial charge in [0.1, 0.15) is 0 Å². The monoisotopic (exact) mass is 255 g/mol. The molecule has 1 N–H and O–H groups in total. The van der Waals surface area contributed by atoms with Gasteiger partial charge in [0, 0.05) is 18.5 Å². The molecule has 1 aromatic carbocycles. The van der Waals surface area contributed by atoms with E-state index in [0.29, 0.717) is 6.54 Å². The summed E-state index contributed by atoms with van der Waals surface area (Å²) in [5, 5.41) is 0. The molecule has 19 heavy (non-hydrogen) atoms. The summed E-state index contributed by atoms with van der Waals surface area (Å²) >= 11 is 0. The zero-order chi connectivity index (χ0) is 13.4. The van der Waals surface area contributed by atoms with Crippen molar-refractivity contribution in [3.63, 3.8) is 0 Å². The Bertz CT molecular complexity index is 610. The molecule has 0 aliphatic carbocycles. The van der Waals surface area contributed by atoms with Crippen molar-refractivity contribution in [2.75, 3.05) is 6.54 Å². The van der Waals surface area contributed by atoms with Gasteiger partial charge < -0.3 is 9.88 Å². The van der Waals surface area contributed by atoms with Crippen molar-refractivity contribution in [3.8, 4) is 0 Å². The smallest absolute Gasteiger partial charge is 0.254 e. The number of aromatic nitrogens is 2. The molecule has 1 aliphatic heterocycles. The number of hydrogen-bond donors (Lipinski definition) is 1. The summed E-state index contributed by atoms with van der Waals surface area (Å²) in [6.07, 6.45) is 2.53. The van der Waals surface area contributed by atoms with Crippen molar-refractivity contribution in [3.05, 3.63) is 52.6 Å². The lowest BCUT2D eigenvalue weighted by Gasteiger charge is -2.26. The molecule has 0 fully saturated rings. The Morgan fingerprint density at radius 3 is 2.74 bits per heavy atom. The molecule has 3 rings (SSSR count). The van der Waals surface area contributed by atoms with Crippen LogP contribution in [0.3, 0.4) is 0 Å². The summed E-state index contributed by atoms with van der Waals surface area (Å²) in [5.41, 5.74) is 5.18. The quantitative estimate of drug-likeness (QED) is 0.849. The number of imidazole rings is 1. The Morgan fingerprint density at radius 1 is 1.26 bits per heavy atom. The fourth-order valence-electron chi connectivity index (χ4n) is 2.67. The first-order chi connectivity index (χ1) is 9.13. The Balaban J connectivity index is 1.85. The number of aryl methyl sites for hydroxylation is 2. The molecule has 1 aliphatic rings. The van der Waals surface area contributed by atoms with Crippen LogP contribution in [0.5, 0.6) is 0 Å². The second-order valence-electron chi connectivity index (χ2n) is 5.18. The Hall–Kier alpha value is -2.10. The van der Waals surface area contributed by atoms with Crippen LogP contribution in [0.1, 0.15) is 32.9 Å². The number of carbonyl (C=O) groups is 1. The Kier molecular flexibility index (Phi) is 2.85. The van der Waals surface area contributed by atoms with E-state index in [1.807, 2.05) is 30.9 Å². The number of hydrogen-bond acceptors (Lipinski definition) is 2. The van der Waals surface area contributed by atoms with Crippen LogP contribution in [0.4, 0.5) is 0 Å². The summed E-state index contributed by atoms with van der Waals surface area (Å²) in [7, 11) is 0. The highest BCUT2D eigenvalue weighted by Crippen LogP contribution is 2.18. The van der Waals surface area contributed by atoms with E-state index in [1.54, 1.807) is 6.33 Å². The molecule has 0 atom stereocenters. The van der Waals surface area contributed by atoms with Gasteiger partial charge in [-0.2, -0.15) is 0 Å². The molecule has 2 heterocycles. The number of carbonyl (C=O) groups excluding carboxylic acids is 1. The maximum absolute atomic E-state index is 12.5. The molecule has 1 aromatic heterocycles. The molecular formula is C15H17N3O. The Morgan fingerprint density at radius 2 is 2.00 bits per heavy atom. The maximum atomic E-state index is 12.5. The van der Waals surface area contributed by atoms with Gasteiger partial charge in [0.15, 0.2) is 0 Å². The van der Waals surface area contributed by atoms with Crippen LogP contribution in [0.15, 0.2) is 24.5 Å². The van der Waals surface area contributed by atoms with Crippen LogP contribution >= 0.6 is 0 Å². The number of aromatic amines is 1. The fraction of sp³-hybridized carbons (Fsp3) is 0.333. The van der Waals surface area contributed by atoms with Crippen LogP contribution in [-0.2, 0) is 13.0 Å². The van der Waals surface area contributed by atoms with Gasteiger partial charge in [-0.25, -0.2) is 4.98 Å². The van der Waals surface area contributed by atoms with Gasteiger partial charge in [0.2, 0.25) is 0 Å². The van der Waals surface area contributed by atoms with Crippen molar-refractivity contribution in [1.29, 1.82) is 0 Å². The van der Waals surface area contributed by atoms with Gasteiger partial charge >= 0.3 is 0 Å².